The van der Waals surface area contributed by atoms with E-state index in [0.717, 1.165) is 44.5 Å². The summed E-state index contributed by atoms with van der Waals surface area (Å²) in [7, 11) is -2.12. The van der Waals surface area contributed by atoms with E-state index in [1.165, 1.54) is 0 Å². The molecule has 0 aliphatic carbocycles. The minimum absolute atomic E-state index is 0.142. The van der Waals surface area contributed by atoms with Gasteiger partial charge in [-0.2, -0.15) is 0 Å². The average Bonchev–Trinajstić information content (AvgIpc) is 3.94. The van der Waals surface area contributed by atoms with Crippen molar-refractivity contribution in [1.82, 2.24) is 0 Å². The molecule has 2 heterocycles. The first kappa shape index (κ1) is 41.6. The maximum atomic E-state index is 7.29. The summed E-state index contributed by atoms with van der Waals surface area (Å²) in [4.78, 5) is 0. The average molecular weight is 839 g/mol. The normalized spacial score (nSPS) is 17.1. The fraction of sp³-hybridized carbons (Fsp3) is 0.143. The van der Waals surface area contributed by atoms with Crippen LogP contribution in [0.15, 0.2) is 243 Å². The molecular formula is C56H48B2O6. The Morgan fingerprint density at radius 2 is 0.453 bits per heavy atom. The van der Waals surface area contributed by atoms with E-state index >= 15 is 0 Å². The van der Waals surface area contributed by atoms with Crippen molar-refractivity contribution in [3.8, 4) is 0 Å². The van der Waals surface area contributed by atoms with Crippen molar-refractivity contribution in [2.75, 3.05) is 13.2 Å². The minimum Gasteiger partial charge on any atom is -0.385 e. The van der Waals surface area contributed by atoms with Crippen LogP contribution in [0, 0.1) is 5.92 Å². The molecule has 8 heteroatoms. The lowest BCUT2D eigenvalue weighted by Crippen LogP contribution is -2.48. The van der Waals surface area contributed by atoms with E-state index in [-0.39, 0.29) is 19.1 Å². The summed E-state index contributed by atoms with van der Waals surface area (Å²) in [5.74, 6) is -0.142. The van der Waals surface area contributed by atoms with Crippen LogP contribution in [0.25, 0.3) is 0 Å². The predicted octanol–water partition coefficient (Wildman–Crippen LogP) is 11.5. The Kier molecular flexibility index (Phi) is 11.7. The molecule has 2 saturated heterocycles. The molecule has 64 heavy (non-hydrogen) atoms. The summed E-state index contributed by atoms with van der Waals surface area (Å²) in [6, 6.07) is 82.5. The Labute approximate surface area is 376 Å². The summed E-state index contributed by atoms with van der Waals surface area (Å²) in [5, 5.41) is 0. The van der Waals surface area contributed by atoms with Crippen LogP contribution in [0.4, 0.5) is 0 Å². The molecule has 0 aromatic heterocycles. The molecule has 0 saturated carbocycles. The van der Waals surface area contributed by atoms with Crippen molar-refractivity contribution >= 4 is 14.6 Å². The van der Waals surface area contributed by atoms with Crippen LogP contribution in [0.5, 0.6) is 0 Å². The van der Waals surface area contributed by atoms with Gasteiger partial charge in [0.25, 0.3) is 0 Å². The molecule has 6 nitrogen and oxygen atoms in total. The lowest BCUT2D eigenvalue weighted by atomic mass is 9.66. The maximum absolute atomic E-state index is 7.29. The highest BCUT2D eigenvalue weighted by molar-refractivity contribution is 6.38. The van der Waals surface area contributed by atoms with E-state index in [1.54, 1.807) is 0 Å². The van der Waals surface area contributed by atoms with Crippen molar-refractivity contribution in [2.45, 2.75) is 29.3 Å². The summed E-state index contributed by atoms with van der Waals surface area (Å²) in [5.41, 5.74) is 2.91. The molecule has 0 N–H and O–H groups in total. The first-order valence-corrected chi connectivity index (χ1v) is 22.0. The smallest absolute Gasteiger partial charge is 0.385 e. The summed E-state index contributed by atoms with van der Waals surface area (Å²) >= 11 is 0. The number of rotatable bonds is 14. The largest absolute Gasteiger partial charge is 0.641 e. The zero-order chi connectivity index (χ0) is 43.3. The van der Waals surface area contributed by atoms with E-state index in [1.807, 2.05) is 146 Å². The standard InChI is InChI=1S/C56H48B2O6/c1-44(42-59-57-61-53(45-26-10-2-11-27-45,46-28-12-3-13-29-46)54(62-57,47-30-14-4-15-31-47)48-32-16-5-17-33-48)43-60-58-63-55(49-34-18-6-19-35-49,50-36-20-7-21-37-50)56(64-58,51-38-22-8-23-39-51)52-40-24-9-25-41-52/h2-41,44H,42-43H2,1H3. The van der Waals surface area contributed by atoms with Crippen molar-refractivity contribution in [3.63, 3.8) is 0 Å². The molecule has 8 aromatic rings. The highest BCUT2D eigenvalue weighted by Crippen LogP contribution is 2.60. The van der Waals surface area contributed by atoms with Gasteiger partial charge in [0.05, 0.1) is 0 Å². The lowest BCUT2D eigenvalue weighted by molar-refractivity contribution is 0.00370. The minimum atomic E-state index is -1.15. The first-order chi connectivity index (χ1) is 31.6. The van der Waals surface area contributed by atoms with E-state index in [9.17, 15) is 0 Å². The van der Waals surface area contributed by atoms with Gasteiger partial charge in [0, 0.05) is 13.2 Å². The van der Waals surface area contributed by atoms with E-state index in [4.69, 9.17) is 27.9 Å². The monoisotopic (exact) mass is 838 g/mol. The van der Waals surface area contributed by atoms with E-state index in [0.29, 0.717) is 0 Å². The van der Waals surface area contributed by atoms with Crippen LogP contribution in [-0.2, 0) is 50.3 Å². The molecule has 10 rings (SSSR count). The zero-order valence-corrected chi connectivity index (χ0v) is 35.7. The van der Waals surface area contributed by atoms with Gasteiger partial charge in [-0.1, -0.05) is 250 Å². The summed E-state index contributed by atoms with van der Waals surface area (Å²) < 4.78 is 42.6. The SMILES string of the molecule is CC(COB1OC(c2ccccc2)(c2ccccc2)C(c2ccccc2)(c2ccccc2)O1)COB1OC(c2ccccc2)(c2ccccc2)C(c2ccccc2)(c2ccccc2)O1. The van der Waals surface area contributed by atoms with Gasteiger partial charge >= 0.3 is 14.6 Å². The molecule has 0 atom stereocenters. The molecule has 0 spiro atoms. The molecule has 2 aliphatic heterocycles. The molecule has 2 fully saturated rings. The van der Waals surface area contributed by atoms with Crippen LogP contribution in [0.2, 0.25) is 0 Å². The number of hydrogen-bond acceptors (Lipinski definition) is 6. The van der Waals surface area contributed by atoms with Gasteiger partial charge in [0.2, 0.25) is 0 Å². The van der Waals surface area contributed by atoms with Gasteiger partial charge in [-0.05, 0) is 50.4 Å². The maximum Gasteiger partial charge on any atom is 0.641 e. The highest BCUT2D eigenvalue weighted by Gasteiger charge is 2.68. The Morgan fingerprint density at radius 3 is 0.609 bits per heavy atom. The van der Waals surface area contributed by atoms with Crippen LogP contribution in [0.1, 0.15) is 51.4 Å². The second-order valence-electron chi connectivity index (χ2n) is 16.5. The Hall–Kier alpha value is -6.35. The lowest BCUT2D eigenvalue weighted by Gasteiger charge is -2.45. The molecule has 314 valence electrons. The van der Waals surface area contributed by atoms with Crippen molar-refractivity contribution in [3.05, 3.63) is 287 Å². The van der Waals surface area contributed by atoms with Crippen LogP contribution < -0.4 is 0 Å². The second-order valence-corrected chi connectivity index (χ2v) is 16.5. The third-order valence-corrected chi connectivity index (χ3v) is 12.6. The van der Waals surface area contributed by atoms with Gasteiger partial charge in [0.1, 0.15) is 22.4 Å². The molecule has 0 radical (unpaired) electrons. The number of benzene rings is 8. The van der Waals surface area contributed by atoms with Crippen molar-refractivity contribution < 1.29 is 27.9 Å². The van der Waals surface area contributed by atoms with Crippen molar-refractivity contribution in [1.29, 1.82) is 0 Å². The molecule has 8 aromatic carbocycles. The topological polar surface area (TPSA) is 55.4 Å². The second kappa shape index (κ2) is 18.0. The van der Waals surface area contributed by atoms with Gasteiger partial charge in [-0.3, -0.25) is 0 Å². The molecule has 2 aliphatic rings. The Bertz CT molecular complexity index is 2170. The van der Waals surface area contributed by atoms with Crippen LogP contribution in [-0.4, -0.2) is 27.9 Å². The number of hydrogen-bond donors (Lipinski definition) is 0. The van der Waals surface area contributed by atoms with Crippen LogP contribution >= 0.6 is 0 Å². The van der Waals surface area contributed by atoms with Crippen molar-refractivity contribution in [2.24, 2.45) is 5.92 Å². The summed E-state index contributed by atoms with van der Waals surface area (Å²) in [6.45, 7) is 2.58. The predicted molar refractivity (Wildman–Crippen MR) is 252 cm³/mol. The Morgan fingerprint density at radius 1 is 0.297 bits per heavy atom. The first-order valence-electron chi connectivity index (χ1n) is 22.0. The zero-order valence-electron chi connectivity index (χ0n) is 35.7. The molecule has 0 bridgehead atoms. The van der Waals surface area contributed by atoms with Gasteiger partial charge < -0.3 is 27.9 Å². The molecule has 0 amide bonds. The Balaban J connectivity index is 0.984. The fourth-order valence-corrected chi connectivity index (χ4v) is 9.85. The molecular weight excluding hydrogens is 790 g/mol. The van der Waals surface area contributed by atoms with Gasteiger partial charge in [0.15, 0.2) is 0 Å². The third-order valence-electron chi connectivity index (χ3n) is 12.6. The van der Waals surface area contributed by atoms with Crippen LogP contribution in [0.3, 0.4) is 0 Å². The van der Waals surface area contributed by atoms with Gasteiger partial charge in [-0.15, -0.1) is 0 Å². The fourth-order valence-electron chi connectivity index (χ4n) is 9.85. The van der Waals surface area contributed by atoms with Gasteiger partial charge in [-0.25, -0.2) is 0 Å². The van der Waals surface area contributed by atoms with E-state index < -0.39 is 37.0 Å². The molecule has 0 unspecified atom stereocenters. The third kappa shape index (κ3) is 7.04. The highest BCUT2D eigenvalue weighted by atomic mass is 16.8. The quantitative estimate of drug-likeness (QED) is 0.102. The summed E-state index contributed by atoms with van der Waals surface area (Å²) in [6.07, 6.45) is 0. The van der Waals surface area contributed by atoms with E-state index in [2.05, 4.69) is 104 Å².